The molecule has 122 valence electrons. The van der Waals surface area contributed by atoms with Gasteiger partial charge in [-0.05, 0) is 38.9 Å². The van der Waals surface area contributed by atoms with Gasteiger partial charge in [0.1, 0.15) is 5.82 Å². The number of carbonyl (C=O) groups excluding carboxylic acids is 1. The van der Waals surface area contributed by atoms with E-state index in [1.165, 1.54) is 6.07 Å². The van der Waals surface area contributed by atoms with Crippen LogP contribution in [0.15, 0.2) is 30.5 Å². The zero-order valence-corrected chi connectivity index (χ0v) is 13.2. The van der Waals surface area contributed by atoms with Gasteiger partial charge in [-0.2, -0.15) is 0 Å². The molecule has 5 nitrogen and oxygen atoms in total. The summed E-state index contributed by atoms with van der Waals surface area (Å²) in [7, 11) is 0. The maximum atomic E-state index is 14.2. The second-order valence-electron chi connectivity index (χ2n) is 5.91. The van der Waals surface area contributed by atoms with Gasteiger partial charge in [0.2, 0.25) is 0 Å². The molecule has 2 N–H and O–H groups in total. The van der Waals surface area contributed by atoms with Crippen molar-refractivity contribution in [3.05, 3.63) is 53.4 Å². The molecule has 1 aromatic heterocycles. The van der Waals surface area contributed by atoms with Gasteiger partial charge >= 0.3 is 0 Å². The quantitative estimate of drug-likeness (QED) is 0.890. The summed E-state index contributed by atoms with van der Waals surface area (Å²) in [5.74, 6) is -0.206. The number of aromatic amines is 1. The first kappa shape index (κ1) is 15.7. The van der Waals surface area contributed by atoms with Crippen molar-refractivity contribution in [3.8, 4) is 0 Å². The van der Waals surface area contributed by atoms with E-state index in [4.69, 9.17) is 0 Å². The number of imidazole rings is 1. The molecule has 1 aromatic carbocycles. The molecule has 1 amide bonds. The van der Waals surface area contributed by atoms with Crippen LogP contribution in [0.4, 0.5) is 4.39 Å². The van der Waals surface area contributed by atoms with E-state index in [2.05, 4.69) is 20.2 Å². The van der Waals surface area contributed by atoms with Crippen molar-refractivity contribution < 1.29 is 9.18 Å². The third-order valence-corrected chi connectivity index (χ3v) is 4.22. The number of aromatic nitrogens is 2. The van der Waals surface area contributed by atoms with Crippen LogP contribution in [-0.2, 0) is 0 Å². The van der Waals surface area contributed by atoms with Crippen LogP contribution in [0.3, 0.4) is 0 Å². The molecule has 3 rings (SSSR count). The van der Waals surface area contributed by atoms with Crippen molar-refractivity contribution in [3.63, 3.8) is 0 Å². The maximum Gasteiger partial charge on any atom is 0.287 e. The van der Waals surface area contributed by atoms with E-state index >= 15 is 0 Å². The van der Waals surface area contributed by atoms with E-state index in [-0.39, 0.29) is 23.6 Å². The van der Waals surface area contributed by atoms with Crippen molar-refractivity contribution in [2.24, 2.45) is 0 Å². The highest BCUT2D eigenvalue weighted by Crippen LogP contribution is 2.26. The van der Waals surface area contributed by atoms with Crippen molar-refractivity contribution in [1.82, 2.24) is 20.2 Å². The molecule has 0 saturated carbocycles. The predicted octanol–water partition coefficient (Wildman–Crippen LogP) is 2.42. The Balaban J connectivity index is 1.74. The highest BCUT2D eigenvalue weighted by molar-refractivity contribution is 5.90. The number of amides is 1. The summed E-state index contributed by atoms with van der Waals surface area (Å²) in [5, 5.41) is 2.87. The lowest BCUT2D eigenvalue weighted by atomic mass is 10.0. The molecular formula is C17H21FN4O. The SMILES string of the molecule is Cc1cnc(C(=O)NCC(c2ccccc2F)N2CCCC2)[nH]1. The predicted molar refractivity (Wildman–Crippen MR) is 85.6 cm³/mol. The number of carbonyl (C=O) groups is 1. The van der Waals surface area contributed by atoms with Crippen LogP contribution >= 0.6 is 0 Å². The van der Waals surface area contributed by atoms with Crippen molar-refractivity contribution in [1.29, 1.82) is 0 Å². The molecule has 0 radical (unpaired) electrons. The molecule has 1 aliphatic rings. The van der Waals surface area contributed by atoms with Gasteiger partial charge in [0, 0.05) is 24.0 Å². The Morgan fingerprint density at radius 1 is 1.39 bits per heavy atom. The Labute approximate surface area is 134 Å². The first-order valence-corrected chi connectivity index (χ1v) is 7.93. The highest BCUT2D eigenvalue weighted by atomic mass is 19.1. The molecule has 1 atom stereocenters. The molecule has 2 heterocycles. The zero-order chi connectivity index (χ0) is 16.2. The number of nitrogens with zero attached hydrogens (tertiary/aromatic N) is 2. The molecule has 1 saturated heterocycles. The Morgan fingerprint density at radius 2 is 2.13 bits per heavy atom. The molecular weight excluding hydrogens is 295 g/mol. The van der Waals surface area contributed by atoms with E-state index < -0.39 is 0 Å². The molecule has 0 bridgehead atoms. The minimum absolute atomic E-state index is 0.154. The minimum atomic E-state index is -0.265. The number of hydrogen-bond acceptors (Lipinski definition) is 3. The third kappa shape index (κ3) is 3.59. The van der Waals surface area contributed by atoms with Gasteiger partial charge in [-0.15, -0.1) is 0 Å². The standard InChI is InChI=1S/C17H21FN4O/c1-12-10-19-16(21-12)17(23)20-11-15(22-8-4-5-9-22)13-6-2-3-7-14(13)18/h2-3,6-7,10,15H,4-5,8-9,11H2,1H3,(H,19,21)(H,20,23). The highest BCUT2D eigenvalue weighted by Gasteiger charge is 2.26. The number of rotatable bonds is 5. The third-order valence-electron chi connectivity index (χ3n) is 4.22. The lowest BCUT2D eigenvalue weighted by Crippen LogP contribution is -2.37. The number of benzene rings is 1. The van der Waals surface area contributed by atoms with Crippen LogP contribution in [0, 0.1) is 12.7 Å². The second-order valence-corrected chi connectivity index (χ2v) is 5.91. The van der Waals surface area contributed by atoms with E-state index in [0.717, 1.165) is 31.6 Å². The number of hydrogen-bond donors (Lipinski definition) is 2. The second kappa shape index (κ2) is 6.91. The fraction of sp³-hybridized carbons (Fsp3) is 0.412. The summed E-state index contributed by atoms with van der Waals surface area (Å²) < 4.78 is 14.2. The molecule has 1 unspecified atom stereocenters. The largest absolute Gasteiger partial charge is 0.347 e. The van der Waals surface area contributed by atoms with E-state index in [9.17, 15) is 9.18 Å². The van der Waals surface area contributed by atoms with E-state index in [0.29, 0.717) is 12.1 Å². The van der Waals surface area contributed by atoms with Crippen LogP contribution in [0.1, 0.15) is 40.8 Å². The maximum absolute atomic E-state index is 14.2. The zero-order valence-electron chi connectivity index (χ0n) is 13.2. The summed E-state index contributed by atoms with van der Waals surface area (Å²) in [4.78, 5) is 21.3. The van der Waals surface area contributed by atoms with Crippen LogP contribution in [-0.4, -0.2) is 40.4 Å². The monoisotopic (exact) mass is 316 g/mol. The number of aryl methyl sites for hydroxylation is 1. The smallest absolute Gasteiger partial charge is 0.287 e. The van der Waals surface area contributed by atoms with Gasteiger partial charge in [0.05, 0.1) is 6.04 Å². The van der Waals surface area contributed by atoms with E-state index in [1.54, 1.807) is 18.3 Å². The average molecular weight is 316 g/mol. The summed E-state index contributed by atoms with van der Waals surface area (Å²) in [6, 6.07) is 6.62. The van der Waals surface area contributed by atoms with Crippen molar-refractivity contribution in [2.75, 3.05) is 19.6 Å². The summed E-state index contributed by atoms with van der Waals surface area (Å²) in [6.45, 7) is 4.05. The van der Waals surface area contributed by atoms with Gasteiger partial charge < -0.3 is 10.3 Å². The summed E-state index contributed by atoms with van der Waals surface area (Å²) in [5.41, 5.74) is 1.46. The topological polar surface area (TPSA) is 61.0 Å². The lowest BCUT2D eigenvalue weighted by Gasteiger charge is -2.28. The summed E-state index contributed by atoms with van der Waals surface area (Å²) >= 11 is 0. The van der Waals surface area contributed by atoms with Crippen LogP contribution in [0.5, 0.6) is 0 Å². The molecule has 2 aromatic rings. The average Bonchev–Trinajstić information content (AvgIpc) is 3.21. The minimum Gasteiger partial charge on any atom is -0.347 e. The fourth-order valence-corrected chi connectivity index (χ4v) is 3.04. The fourth-order valence-electron chi connectivity index (χ4n) is 3.04. The Bertz CT molecular complexity index is 679. The van der Waals surface area contributed by atoms with Gasteiger partial charge in [0.15, 0.2) is 5.82 Å². The van der Waals surface area contributed by atoms with Gasteiger partial charge in [-0.1, -0.05) is 18.2 Å². The van der Waals surface area contributed by atoms with Crippen LogP contribution < -0.4 is 5.32 Å². The lowest BCUT2D eigenvalue weighted by molar-refractivity contribution is 0.0927. The molecule has 1 aliphatic heterocycles. The van der Waals surface area contributed by atoms with Crippen molar-refractivity contribution in [2.45, 2.75) is 25.8 Å². The van der Waals surface area contributed by atoms with Gasteiger partial charge in [-0.3, -0.25) is 9.69 Å². The van der Waals surface area contributed by atoms with Gasteiger partial charge in [-0.25, -0.2) is 9.37 Å². The Morgan fingerprint density at radius 3 is 2.78 bits per heavy atom. The van der Waals surface area contributed by atoms with Gasteiger partial charge in [0.25, 0.3) is 5.91 Å². The van der Waals surface area contributed by atoms with Crippen molar-refractivity contribution >= 4 is 5.91 Å². The first-order chi connectivity index (χ1) is 11.1. The molecule has 6 heteroatoms. The normalized spacial score (nSPS) is 16.4. The number of H-pyrrole nitrogens is 1. The number of likely N-dealkylation sites (tertiary alicyclic amines) is 1. The Kier molecular flexibility index (Phi) is 4.71. The Hall–Kier alpha value is -2.21. The number of nitrogens with one attached hydrogen (secondary N) is 2. The number of halogens is 1. The molecule has 0 aliphatic carbocycles. The van der Waals surface area contributed by atoms with Crippen LogP contribution in [0.2, 0.25) is 0 Å². The van der Waals surface area contributed by atoms with Crippen LogP contribution in [0.25, 0.3) is 0 Å². The van der Waals surface area contributed by atoms with E-state index in [1.807, 2.05) is 13.0 Å². The first-order valence-electron chi connectivity index (χ1n) is 7.93. The molecule has 23 heavy (non-hydrogen) atoms. The summed E-state index contributed by atoms with van der Waals surface area (Å²) in [6.07, 6.45) is 3.83. The molecule has 0 spiro atoms. The molecule has 1 fully saturated rings.